The minimum atomic E-state index is -1.04. The third kappa shape index (κ3) is 5.84. The minimum absolute atomic E-state index is 0.00709. The molecule has 0 aliphatic carbocycles. The number of hydrogen-bond donors (Lipinski definition) is 3. The molecule has 1 heterocycles. The fourth-order valence-electron chi connectivity index (χ4n) is 1.44. The van der Waals surface area contributed by atoms with Gasteiger partial charge in [-0.05, 0) is 17.7 Å². The van der Waals surface area contributed by atoms with Gasteiger partial charge in [-0.15, -0.1) is 0 Å². The number of aromatic nitrogens is 2. The van der Waals surface area contributed by atoms with Crippen molar-refractivity contribution in [3.63, 3.8) is 0 Å². The summed E-state index contributed by atoms with van der Waals surface area (Å²) >= 11 is 0. The van der Waals surface area contributed by atoms with Crippen molar-refractivity contribution in [1.29, 1.82) is 0 Å². The van der Waals surface area contributed by atoms with Gasteiger partial charge in [0.05, 0.1) is 24.7 Å². The Balaban J connectivity index is 2.96. The van der Waals surface area contributed by atoms with Crippen LogP contribution in [-0.4, -0.2) is 39.3 Å². The molecule has 110 valence electrons. The molecule has 0 unspecified atom stereocenters. The van der Waals surface area contributed by atoms with Crippen LogP contribution >= 0.6 is 0 Å². The smallest absolute Gasteiger partial charge is 0.328 e. The standard InChI is InChI=1S/C15H17N3O3/c1-3-12(8-11(2)4-5-15(20)21)13-9-16-10-14(18-13)17-6-7-19/h3-5,8-10,19H,1-2,6-7H2,(H,17,18)(H,20,21)/b5-4+,12-8+. The third-order valence-electron chi connectivity index (χ3n) is 2.35. The first-order valence-corrected chi connectivity index (χ1v) is 6.18. The summed E-state index contributed by atoms with van der Waals surface area (Å²) in [5, 5.41) is 20.2. The average molecular weight is 287 g/mol. The average Bonchev–Trinajstić information content (AvgIpc) is 2.48. The van der Waals surface area contributed by atoms with E-state index in [1.807, 2.05) is 0 Å². The molecule has 0 fully saturated rings. The predicted molar refractivity (Wildman–Crippen MR) is 81.7 cm³/mol. The molecule has 0 aromatic carbocycles. The fourth-order valence-corrected chi connectivity index (χ4v) is 1.44. The molecule has 3 N–H and O–H groups in total. The van der Waals surface area contributed by atoms with E-state index >= 15 is 0 Å². The second kappa shape index (κ2) is 8.44. The van der Waals surface area contributed by atoms with Crippen LogP contribution in [0.4, 0.5) is 5.82 Å². The number of carboxylic acids is 1. The fraction of sp³-hybridized carbons (Fsp3) is 0.133. The summed E-state index contributed by atoms with van der Waals surface area (Å²) in [5.41, 5.74) is 1.73. The Morgan fingerprint density at radius 1 is 1.38 bits per heavy atom. The van der Waals surface area contributed by atoms with E-state index in [0.29, 0.717) is 29.2 Å². The first-order chi connectivity index (χ1) is 10.1. The van der Waals surface area contributed by atoms with Crippen LogP contribution in [0.15, 0.2) is 55.4 Å². The largest absolute Gasteiger partial charge is 0.478 e. The lowest BCUT2D eigenvalue weighted by molar-refractivity contribution is -0.131. The van der Waals surface area contributed by atoms with Crippen molar-refractivity contribution in [2.75, 3.05) is 18.5 Å². The lowest BCUT2D eigenvalue weighted by atomic mass is 10.1. The van der Waals surface area contributed by atoms with Gasteiger partial charge in [-0.3, -0.25) is 4.98 Å². The number of rotatable bonds is 8. The van der Waals surface area contributed by atoms with Crippen LogP contribution in [-0.2, 0) is 4.79 Å². The van der Waals surface area contributed by atoms with Crippen molar-refractivity contribution in [3.8, 4) is 0 Å². The summed E-state index contributed by atoms with van der Waals surface area (Å²) in [6.45, 7) is 7.81. The summed E-state index contributed by atoms with van der Waals surface area (Å²) in [6, 6.07) is 0. The molecule has 0 atom stereocenters. The highest BCUT2D eigenvalue weighted by Gasteiger charge is 2.02. The van der Waals surface area contributed by atoms with Crippen molar-refractivity contribution in [3.05, 3.63) is 61.1 Å². The van der Waals surface area contributed by atoms with Crippen molar-refractivity contribution >= 4 is 17.4 Å². The number of carbonyl (C=O) groups is 1. The number of aliphatic hydroxyl groups excluding tert-OH is 1. The van der Waals surface area contributed by atoms with Crippen molar-refractivity contribution < 1.29 is 15.0 Å². The quantitative estimate of drug-likeness (QED) is 0.497. The molecule has 0 saturated heterocycles. The number of hydrogen-bond acceptors (Lipinski definition) is 5. The third-order valence-corrected chi connectivity index (χ3v) is 2.35. The van der Waals surface area contributed by atoms with E-state index in [4.69, 9.17) is 10.2 Å². The molecule has 0 amide bonds. The van der Waals surface area contributed by atoms with Crippen LogP contribution in [0.25, 0.3) is 5.57 Å². The maximum atomic E-state index is 10.5. The normalized spacial score (nSPS) is 11.4. The number of nitrogens with one attached hydrogen (secondary N) is 1. The van der Waals surface area contributed by atoms with E-state index < -0.39 is 5.97 Å². The molecular weight excluding hydrogens is 270 g/mol. The number of aliphatic hydroxyl groups is 1. The zero-order valence-electron chi connectivity index (χ0n) is 11.5. The van der Waals surface area contributed by atoms with E-state index in [1.165, 1.54) is 6.08 Å². The number of anilines is 1. The highest BCUT2D eigenvalue weighted by molar-refractivity contribution is 5.81. The van der Waals surface area contributed by atoms with Crippen molar-refractivity contribution in [2.24, 2.45) is 0 Å². The number of nitrogens with zero attached hydrogens (tertiary/aromatic N) is 2. The van der Waals surface area contributed by atoms with Crippen LogP contribution < -0.4 is 5.32 Å². The van der Waals surface area contributed by atoms with E-state index in [-0.39, 0.29) is 6.61 Å². The van der Waals surface area contributed by atoms with Crippen LogP contribution in [0, 0.1) is 0 Å². The summed E-state index contributed by atoms with van der Waals surface area (Å²) in [7, 11) is 0. The molecule has 6 heteroatoms. The molecule has 0 radical (unpaired) electrons. The molecule has 1 aromatic heterocycles. The Hall–Kier alpha value is -2.73. The van der Waals surface area contributed by atoms with Gasteiger partial charge < -0.3 is 15.5 Å². The molecule has 21 heavy (non-hydrogen) atoms. The summed E-state index contributed by atoms with van der Waals surface area (Å²) in [6.07, 6.45) is 8.73. The van der Waals surface area contributed by atoms with E-state index in [1.54, 1.807) is 24.5 Å². The lowest BCUT2D eigenvalue weighted by Crippen LogP contribution is -2.08. The number of allylic oxidation sites excluding steroid dienone is 5. The van der Waals surface area contributed by atoms with Crippen molar-refractivity contribution in [1.82, 2.24) is 9.97 Å². The molecule has 0 bridgehead atoms. The maximum Gasteiger partial charge on any atom is 0.328 e. The van der Waals surface area contributed by atoms with Crippen LogP contribution in [0.1, 0.15) is 5.69 Å². The highest BCUT2D eigenvalue weighted by atomic mass is 16.4. The van der Waals surface area contributed by atoms with Crippen LogP contribution in [0.5, 0.6) is 0 Å². The summed E-state index contributed by atoms with van der Waals surface area (Å²) < 4.78 is 0. The van der Waals surface area contributed by atoms with Gasteiger partial charge in [0.15, 0.2) is 0 Å². The maximum absolute atomic E-state index is 10.5. The Morgan fingerprint density at radius 3 is 2.76 bits per heavy atom. The minimum Gasteiger partial charge on any atom is -0.478 e. The summed E-state index contributed by atoms with van der Waals surface area (Å²) in [4.78, 5) is 18.8. The zero-order valence-corrected chi connectivity index (χ0v) is 11.5. The van der Waals surface area contributed by atoms with Gasteiger partial charge in [0.1, 0.15) is 5.82 Å². The molecule has 0 aliphatic heterocycles. The highest BCUT2D eigenvalue weighted by Crippen LogP contribution is 2.16. The Labute approximate surface area is 122 Å². The number of aliphatic carboxylic acids is 1. The van der Waals surface area contributed by atoms with Gasteiger partial charge in [0.2, 0.25) is 0 Å². The van der Waals surface area contributed by atoms with Gasteiger partial charge in [0.25, 0.3) is 0 Å². The predicted octanol–water partition coefficient (Wildman–Crippen LogP) is 1.65. The van der Waals surface area contributed by atoms with E-state index in [0.717, 1.165) is 6.08 Å². The zero-order chi connectivity index (χ0) is 15.7. The molecule has 0 aliphatic rings. The molecule has 6 nitrogen and oxygen atoms in total. The Morgan fingerprint density at radius 2 is 2.14 bits per heavy atom. The Bertz CT molecular complexity index is 592. The van der Waals surface area contributed by atoms with E-state index in [9.17, 15) is 4.79 Å². The van der Waals surface area contributed by atoms with Gasteiger partial charge in [-0.2, -0.15) is 0 Å². The van der Waals surface area contributed by atoms with Gasteiger partial charge in [-0.1, -0.05) is 19.2 Å². The molecule has 0 spiro atoms. The van der Waals surface area contributed by atoms with Crippen LogP contribution in [0.3, 0.4) is 0 Å². The lowest BCUT2D eigenvalue weighted by Gasteiger charge is -2.06. The van der Waals surface area contributed by atoms with Gasteiger partial charge in [-0.25, -0.2) is 9.78 Å². The first kappa shape index (κ1) is 16.3. The molecule has 1 rings (SSSR count). The molecule has 1 aromatic rings. The second-order valence-corrected chi connectivity index (χ2v) is 3.99. The molecular formula is C15H17N3O3. The topological polar surface area (TPSA) is 95.3 Å². The monoisotopic (exact) mass is 287 g/mol. The van der Waals surface area contributed by atoms with Gasteiger partial charge >= 0.3 is 5.97 Å². The van der Waals surface area contributed by atoms with E-state index in [2.05, 4.69) is 28.4 Å². The summed E-state index contributed by atoms with van der Waals surface area (Å²) in [5.74, 6) is -0.513. The number of carboxylic acid groups (broad SMARTS) is 1. The molecule has 0 saturated carbocycles. The van der Waals surface area contributed by atoms with Crippen molar-refractivity contribution in [2.45, 2.75) is 0 Å². The Kier molecular flexibility index (Phi) is 6.56. The van der Waals surface area contributed by atoms with Crippen LogP contribution in [0.2, 0.25) is 0 Å². The first-order valence-electron chi connectivity index (χ1n) is 6.18. The second-order valence-electron chi connectivity index (χ2n) is 3.99. The SMILES string of the molecule is C=C/C(=C\C(=C)/C=C/C(=O)O)c1cncc(NCCO)n1. The van der Waals surface area contributed by atoms with Gasteiger partial charge in [0, 0.05) is 18.2 Å².